The Hall–Kier alpha value is -3.22. The van der Waals surface area contributed by atoms with Crippen molar-refractivity contribution in [2.45, 2.75) is 25.6 Å². The molecule has 2 heterocycles. The highest BCUT2D eigenvalue weighted by atomic mass is 16.5. The molecule has 3 aromatic carbocycles. The molecule has 3 aromatic rings. The number of hydrogen-bond acceptors (Lipinski definition) is 6. The van der Waals surface area contributed by atoms with Crippen molar-refractivity contribution < 1.29 is 14.2 Å². The molecule has 0 aromatic heterocycles. The number of hydrogen-bond donors (Lipinski definition) is 2. The van der Waals surface area contributed by atoms with Crippen LogP contribution in [-0.4, -0.2) is 27.4 Å². The van der Waals surface area contributed by atoms with Crippen molar-refractivity contribution in [3.8, 4) is 17.2 Å². The van der Waals surface area contributed by atoms with E-state index in [2.05, 4.69) is 58.2 Å². The molecular formula is C27H31N3O3. The molecule has 6 heteroatoms. The number of nitrogens with zero attached hydrogens (tertiary/aromatic N) is 1. The molecule has 2 aliphatic heterocycles. The molecule has 33 heavy (non-hydrogen) atoms. The zero-order valence-electron chi connectivity index (χ0n) is 19.4. The van der Waals surface area contributed by atoms with Gasteiger partial charge in [-0.15, -0.1) is 0 Å². The number of methoxy groups -OCH3 is 2. The van der Waals surface area contributed by atoms with Gasteiger partial charge in [0.25, 0.3) is 0 Å². The second kappa shape index (κ2) is 9.33. The largest absolute Gasteiger partial charge is 0.497 e. The standard InChI is InChI=1S/C27H31N3O3/c1-4-33-22-13-14-25-23(15-22)27-24(17-30(25)16-18-5-9-20(31-2)10-6-18)26(28-29-27)19-7-11-21(32-3)12-8-19/h5-15,24,26-29H,4,16-17H2,1-3H3. The number of rotatable bonds is 7. The number of ether oxygens (including phenoxy) is 3. The van der Waals surface area contributed by atoms with Gasteiger partial charge in [0.05, 0.1) is 32.9 Å². The SMILES string of the molecule is CCOc1ccc2c(c1)C1NNC(c3ccc(OC)cc3)C1CN2Cc1ccc(OC)cc1. The third-order valence-electron chi connectivity index (χ3n) is 6.68. The second-order valence-corrected chi connectivity index (χ2v) is 8.56. The topological polar surface area (TPSA) is 55.0 Å². The third-order valence-corrected chi connectivity index (χ3v) is 6.68. The van der Waals surface area contributed by atoms with E-state index in [4.69, 9.17) is 14.2 Å². The van der Waals surface area contributed by atoms with Gasteiger partial charge >= 0.3 is 0 Å². The number of nitrogens with one attached hydrogen (secondary N) is 2. The first kappa shape index (κ1) is 21.6. The highest BCUT2D eigenvalue weighted by molar-refractivity contribution is 5.61. The van der Waals surface area contributed by atoms with Gasteiger partial charge in [0.15, 0.2) is 0 Å². The summed E-state index contributed by atoms with van der Waals surface area (Å²) in [4.78, 5) is 2.49. The molecule has 2 aliphatic rings. The van der Waals surface area contributed by atoms with Crippen LogP contribution in [0.1, 0.15) is 35.7 Å². The van der Waals surface area contributed by atoms with Crippen molar-refractivity contribution in [1.82, 2.24) is 10.9 Å². The van der Waals surface area contributed by atoms with Crippen molar-refractivity contribution >= 4 is 5.69 Å². The maximum absolute atomic E-state index is 5.84. The smallest absolute Gasteiger partial charge is 0.119 e. The molecule has 172 valence electrons. The number of benzene rings is 3. The van der Waals surface area contributed by atoms with Crippen LogP contribution in [0.4, 0.5) is 5.69 Å². The molecule has 0 bridgehead atoms. The minimum Gasteiger partial charge on any atom is -0.497 e. The third kappa shape index (κ3) is 4.24. The van der Waals surface area contributed by atoms with Crippen LogP contribution >= 0.6 is 0 Å². The van der Waals surface area contributed by atoms with Crippen molar-refractivity contribution in [3.05, 3.63) is 83.4 Å². The van der Waals surface area contributed by atoms with Crippen LogP contribution in [0.15, 0.2) is 66.7 Å². The Labute approximate surface area is 195 Å². The molecule has 3 atom stereocenters. The lowest BCUT2D eigenvalue weighted by atomic mass is 9.82. The summed E-state index contributed by atoms with van der Waals surface area (Å²) in [6.07, 6.45) is 0. The summed E-state index contributed by atoms with van der Waals surface area (Å²) in [6, 6.07) is 23.6. The fourth-order valence-electron chi connectivity index (χ4n) is 5.03. The van der Waals surface area contributed by atoms with Gasteiger partial charge in [-0.25, -0.2) is 10.9 Å². The molecule has 0 spiro atoms. The monoisotopic (exact) mass is 445 g/mol. The minimum atomic E-state index is 0.197. The van der Waals surface area contributed by atoms with Gasteiger partial charge < -0.3 is 19.1 Å². The summed E-state index contributed by atoms with van der Waals surface area (Å²) < 4.78 is 16.5. The highest BCUT2D eigenvalue weighted by Gasteiger charge is 2.43. The van der Waals surface area contributed by atoms with E-state index in [0.717, 1.165) is 30.3 Å². The number of fused-ring (bicyclic) bond motifs is 3. The molecule has 3 unspecified atom stereocenters. The van der Waals surface area contributed by atoms with E-state index in [1.807, 2.05) is 31.2 Å². The van der Waals surface area contributed by atoms with Gasteiger partial charge in [0.1, 0.15) is 17.2 Å². The number of hydrazine groups is 1. The Balaban J connectivity index is 1.48. The predicted octanol–water partition coefficient (Wildman–Crippen LogP) is 4.63. The van der Waals surface area contributed by atoms with Gasteiger partial charge in [0, 0.05) is 24.7 Å². The molecule has 0 amide bonds. The van der Waals surface area contributed by atoms with E-state index >= 15 is 0 Å². The number of anilines is 1. The minimum absolute atomic E-state index is 0.197. The molecule has 1 fully saturated rings. The van der Waals surface area contributed by atoms with E-state index < -0.39 is 0 Å². The zero-order chi connectivity index (χ0) is 22.8. The lowest BCUT2D eigenvalue weighted by Gasteiger charge is -2.39. The fourth-order valence-corrected chi connectivity index (χ4v) is 5.03. The molecule has 0 aliphatic carbocycles. The van der Waals surface area contributed by atoms with Gasteiger partial charge in [0.2, 0.25) is 0 Å². The van der Waals surface area contributed by atoms with E-state index in [0.29, 0.717) is 12.5 Å². The maximum Gasteiger partial charge on any atom is 0.119 e. The van der Waals surface area contributed by atoms with E-state index in [1.165, 1.54) is 22.4 Å². The first-order valence-electron chi connectivity index (χ1n) is 11.5. The van der Waals surface area contributed by atoms with Gasteiger partial charge in [-0.2, -0.15) is 0 Å². The summed E-state index contributed by atoms with van der Waals surface area (Å²) >= 11 is 0. The van der Waals surface area contributed by atoms with Gasteiger partial charge in [-0.05, 0) is 66.1 Å². The molecule has 1 saturated heterocycles. The lowest BCUT2D eigenvalue weighted by Crippen LogP contribution is -2.39. The van der Waals surface area contributed by atoms with Gasteiger partial charge in [-0.3, -0.25) is 0 Å². The van der Waals surface area contributed by atoms with Gasteiger partial charge in [-0.1, -0.05) is 24.3 Å². The van der Waals surface area contributed by atoms with Crippen molar-refractivity contribution in [2.24, 2.45) is 5.92 Å². The van der Waals surface area contributed by atoms with E-state index in [1.54, 1.807) is 14.2 Å². The molecular weight excluding hydrogens is 414 g/mol. The predicted molar refractivity (Wildman–Crippen MR) is 130 cm³/mol. The van der Waals surface area contributed by atoms with Crippen molar-refractivity contribution in [3.63, 3.8) is 0 Å². The molecule has 0 radical (unpaired) electrons. The Morgan fingerprint density at radius 1 is 0.818 bits per heavy atom. The van der Waals surface area contributed by atoms with Crippen molar-refractivity contribution in [2.75, 3.05) is 32.3 Å². The summed E-state index contributed by atoms with van der Waals surface area (Å²) in [6.45, 7) is 4.45. The van der Waals surface area contributed by atoms with E-state index in [-0.39, 0.29) is 12.1 Å². The lowest BCUT2D eigenvalue weighted by molar-refractivity contribution is 0.337. The normalized spacial score (nSPS) is 21.3. The zero-order valence-corrected chi connectivity index (χ0v) is 19.4. The Morgan fingerprint density at radius 3 is 2.12 bits per heavy atom. The maximum atomic E-state index is 5.84. The molecule has 6 nitrogen and oxygen atoms in total. The fraction of sp³-hybridized carbons (Fsp3) is 0.333. The van der Waals surface area contributed by atoms with Crippen LogP contribution < -0.4 is 30.0 Å². The highest BCUT2D eigenvalue weighted by Crippen LogP contribution is 2.46. The van der Waals surface area contributed by atoms with Crippen LogP contribution in [0.3, 0.4) is 0 Å². The van der Waals surface area contributed by atoms with Crippen LogP contribution in [0.5, 0.6) is 17.2 Å². The van der Waals surface area contributed by atoms with Crippen LogP contribution in [0.25, 0.3) is 0 Å². The Morgan fingerprint density at radius 2 is 1.45 bits per heavy atom. The molecule has 0 saturated carbocycles. The Bertz CT molecular complexity index is 1080. The first-order valence-corrected chi connectivity index (χ1v) is 11.5. The first-order chi connectivity index (χ1) is 16.2. The molecule has 2 N–H and O–H groups in total. The van der Waals surface area contributed by atoms with Crippen LogP contribution in [-0.2, 0) is 6.54 Å². The summed E-state index contributed by atoms with van der Waals surface area (Å²) in [5, 5.41) is 0. The molecule has 5 rings (SSSR count). The average Bonchev–Trinajstić information content (AvgIpc) is 3.29. The quantitative estimate of drug-likeness (QED) is 0.553. The summed E-state index contributed by atoms with van der Waals surface area (Å²) in [7, 11) is 3.40. The van der Waals surface area contributed by atoms with Crippen molar-refractivity contribution in [1.29, 1.82) is 0 Å². The summed E-state index contributed by atoms with van der Waals surface area (Å²) in [5.74, 6) is 3.03. The van der Waals surface area contributed by atoms with Crippen LogP contribution in [0.2, 0.25) is 0 Å². The average molecular weight is 446 g/mol. The van der Waals surface area contributed by atoms with Crippen LogP contribution in [0, 0.1) is 5.92 Å². The summed E-state index contributed by atoms with van der Waals surface area (Å²) in [5.41, 5.74) is 12.2. The van der Waals surface area contributed by atoms with E-state index in [9.17, 15) is 0 Å². The second-order valence-electron chi connectivity index (χ2n) is 8.56. The Kier molecular flexibility index (Phi) is 6.11.